The van der Waals surface area contributed by atoms with Gasteiger partial charge in [-0.3, -0.25) is 4.79 Å². The number of sulfonamides is 1. The number of carbonyl (C=O) groups is 1. The van der Waals surface area contributed by atoms with Gasteiger partial charge in [0.25, 0.3) is 0 Å². The maximum atomic E-state index is 13.0. The highest BCUT2D eigenvalue weighted by Gasteiger charge is 2.39. The topological polar surface area (TPSA) is 66.5 Å². The molecule has 1 amide bonds. The molecule has 138 valence electrons. The minimum atomic E-state index is -3.71. The van der Waals surface area contributed by atoms with Gasteiger partial charge in [-0.25, -0.2) is 8.42 Å². The second kappa shape index (κ2) is 7.39. The van der Waals surface area contributed by atoms with E-state index < -0.39 is 16.1 Å². The van der Waals surface area contributed by atoms with Crippen molar-refractivity contribution in [1.29, 1.82) is 0 Å². The number of benzene rings is 2. The number of anilines is 1. The summed E-state index contributed by atoms with van der Waals surface area (Å²) in [6.45, 7) is 4.09. The molecule has 1 fully saturated rings. The van der Waals surface area contributed by atoms with E-state index in [2.05, 4.69) is 5.32 Å². The number of carbonyl (C=O) groups excluding carboxylic acids is 1. The summed E-state index contributed by atoms with van der Waals surface area (Å²) in [5.74, 6) is -0.316. The lowest BCUT2D eigenvalue weighted by molar-refractivity contribution is -0.119. The lowest BCUT2D eigenvalue weighted by Crippen LogP contribution is -2.43. The molecule has 1 aliphatic rings. The van der Waals surface area contributed by atoms with E-state index in [9.17, 15) is 13.2 Å². The van der Waals surface area contributed by atoms with Crippen LogP contribution in [0, 0.1) is 13.8 Å². The van der Waals surface area contributed by atoms with Crippen molar-refractivity contribution in [2.75, 3.05) is 11.9 Å². The smallest absolute Gasteiger partial charge is 0.243 e. The van der Waals surface area contributed by atoms with Gasteiger partial charge in [0, 0.05) is 17.3 Å². The molecule has 5 nitrogen and oxygen atoms in total. The largest absolute Gasteiger partial charge is 0.324 e. The van der Waals surface area contributed by atoms with Gasteiger partial charge in [-0.15, -0.1) is 0 Å². The van der Waals surface area contributed by atoms with Crippen LogP contribution in [-0.4, -0.2) is 31.2 Å². The van der Waals surface area contributed by atoms with Gasteiger partial charge in [0.05, 0.1) is 4.90 Å². The molecule has 1 heterocycles. The molecule has 1 atom stereocenters. The van der Waals surface area contributed by atoms with Crippen LogP contribution in [0.15, 0.2) is 47.4 Å². The first-order chi connectivity index (χ1) is 12.3. The molecule has 0 aromatic heterocycles. The standard InChI is InChI=1S/C19H21ClN2O3S/c1-13-5-8-16(9-6-13)26(24,25)22-11-3-4-18(22)19(23)21-17-10-7-15(20)12-14(17)2/h5-10,12,18H,3-4,11H2,1-2H3,(H,21,23). The molecule has 0 bridgehead atoms. The molecule has 0 saturated carbocycles. The van der Waals surface area contributed by atoms with E-state index in [1.807, 2.05) is 13.8 Å². The number of nitrogens with one attached hydrogen (secondary N) is 1. The molecule has 3 rings (SSSR count). The predicted octanol–water partition coefficient (Wildman–Crippen LogP) is 3.75. The Labute approximate surface area is 159 Å². The Bertz CT molecular complexity index is 926. The summed E-state index contributed by atoms with van der Waals surface area (Å²) < 4.78 is 27.2. The fourth-order valence-corrected chi connectivity index (χ4v) is 5.00. The highest BCUT2D eigenvalue weighted by Crippen LogP contribution is 2.28. The van der Waals surface area contributed by atoms with Crippen LogP contribution in [-0.2, 0) is 14.8 Å². The summed E-state index contributed by atoms with van der Waals surface area (Å²) in [7, 11) is -3.71. The number of aryl methyl sites for hydroxylation is 2. The zero-order valence-corrected chi connectivity index (χ0v) is 16.3. The van der Waals surface area contributed by atoms with Gasteiger partial charge in [0.1, 0.15) is 6.04 Å². The molecule has 1 aliphatic heterocycles. The zero-order chi connectivity index (χ0) is 18.9. The molecule has 0 aliphatic carbocycles. The van der Waals surface area contributed by atoms with Crippen molar-refractivity contribution in [3.63, 3.8) is 0 Å². The third-order valence-corrected chi connectivity index (χ3v) is 6.74. The van der Waals surface area contributed by atoms with Gasteiger partial charge >= 0.3 is 0 Å². The summed E-state index contributed by atoms with van der Waals surface area (Å²) in [4.78, 5) is 13.0. The minimum absolute atomic E-state index is 0.213. The Hall–Kier alpha value is -1.89. The molecular weight excluding hydrogens is 372 g/mol. The van der Waals surface area contributed by atoms with Gasteiger partial charge in [-0.05, 0) is 62.6 Å². The molecule has 0 spiro atoms. The first kappa shape index (κ1) is 18.9. The van der Waals surface area contributed by atoms with Gasteiger partial charge in [0.2, 0.25) is 15.9 Å². The lowest BCUT2D eigenvalue weighted by Gasteiger charge is -2.24. The molecule has 1 saturated heterocycles. The Morgan fingerprint density at radius 2 is 1.85 bits per heavy atom. The SMILES string of the molecule is Cc1ccc(S(=O)(=O)N2CCCC2C(=O)Nc2ccc(Cl)cc2C)cc1. The van der Waals surface area contributed by atoms with Crippen molar-refractivity contribution < 1.29 is 13.2 Å². The third kappa shape index (κ3) is 3.77. The average Bonchev–Trinajstić information content (AvgIpc) is 3.08. The number of amides is 1. The van der Waals surface area contributed by atoms with Crippen molar-refractivity contribution >= 4 is 33.2 Å². The van der Waals surface area contributed by atoms with Crippen molar-refractivity contribution in [2.24, 2.45) is 0 Å². The number of halogens is 1. The number of nitrogens with zero attached hydrogens (tertiary/aromatic N) is 1. The summed E-state index contributed by atoms with van der Waals surface area (Å²) in [5, 5.41) is 3.43. The van der Waals surface area contributed by atoms with Crippen LogP contribution in [0.3, 0.4) is 0 Å². The third-order valence-electron chi connectivity index (χ3n) is 4.58. The van der Waals surface area contributed by atoms with E-state index in [1.54, 1.807) is 42.5 Å². The van der Waals surface area contributed by atoms with E-state index in [1.165, 1.54) is 4.31 Å². The summed E-state index contributed by atoms with van der Waals surface area (Å²) in [6, 6.07) is 11.2. The van der Waals surface area contributed by atoms with Gasteiger partial charge in [0.15, 0.2) is 0 Å². The average molecular weight is 393 g/mol. The maximum Gasteiger partial charge on any atom is 0.243 e. The Morgan fingerprint density at radius 1 is 1.15 bits per heavy atom. The Morgan fingerprint density at radius 3 is 2.50 bits per heavy atom. The van der Waals surface area contributed by atoms with E-state index >= 15 is 0 Å². The van der Waals surface area contributed by atoms with Crippen molar-refractivity contribution in [2.45, 2.75) is 37.6 Å². The van der Waals surface area contributed by atoms with Crippen LogP contribution in [0.25, 0.3) is 0 Å². The fourth-order valence-electron chi connectivity index (χ4n) is 3.12. The van der Waals surface area contributed by atoms with Crippen LogP contribution < -0.4 is 5.32 Å². The van der Waals surface area contributed by atoms with Crippen LogP contribution in [0.4, 0.5) is 5.69 Å². The first-order valence-electron chi connectivity index (χ1n) is 8.44. The molecule has 0 radical (unpaired) electrons. The predicted molar refractivity (Wildman–Crippen MR) is 103 cm³/mol. The quantitative estimate of drug-likeness (QED) is 0.861. The number of hydrogen-bond acceptors (Lipinski definition) is 3. The van der Waals surface area contributed by atoms with Gasteiger partial charge < -0.3 is 5.32 Å². The van der Waals surface area contributed by atoms with Crippen molar-refractivity contribution in [3.8, 4) is 0 Å². The van der Waals surface area contributed by atoms with Crippen LogP contribution in [0.5, 0.6) is 0 Å². The van der Waals surface area contributed by atoms with E-state index in [-0.39, 0.29) is 10.8 Å². The van der Waals surface area contributed by atoms with Crippen molar-refractivity contribution in [1.82, 2.24) is 4.31 Å². The molecule has 1 unspecified atom stereocenters. The lowest BCUT2D eigenvalue weighted by atomic mass is 10.1. The highest BCUT2D eigenvalue weighted by atomic mass is 35.5. The van der Waals surface area contributed by atoms with Crippen LogP contribution in [0.2, 0.25) is 5.02 Å². The fraction of sp³-hybridized carbons (Fsp3) is 0.316. The zero-order valence-electron chi connectivity index (χ0n) is 14.7. The number of hydrogen-bond donors (Lipinski definition) is 1. The Balaban J connectivity index is 1.83. The van der Waals surface area contributed by atoms with Gasteiger partial charge in [-0.1, -0.05) is 29.3 Å². The monoisotopic (exact) mass is 392 g/mol. The number of rotatable bonds is 4. The second-order valence-electron chi connectivity index (χ2n) is 6.54. The van der Waals surface area contributed by atoms with E-state index in [0.29, 0.717) is 30.1 Å². The molecular formula is C19H21ClN2O3S. The normalized spacial score (nSPS) is 18.0. The molecule has 2 aromatic carbocycles. The maximum absolute atomic E-state index is 13.0. The summed E-state index contributed by atoms with van der Waals surface area (Å²) in [6.07, 6.45) is 1.16. The molecule has 7 heteroatoms. The minimum Gasteiger partial charge on any atom is -0.324 e. The van der Waals surface area contributed by atoms with Gasteiger partial charge in [-0.2, -0.15) is 4.31 Å². The summed E-state index contributed by atoms with van der Waals surface area (Å²) >= 11 is 5.94. The van der Waals surface area contributed by atoms with Crippen molar-refractivity contribution in [3.05, 3.63) is 58.6 Å². The van der Waals surface area contributed by atoms with Crippen LogP contribution >= 0.6 is 11.6 Å². The second-order valence-corrected chi connectivity index (χ2v) is 8.86. The summed E-state index contributed by atoms with van der Waals surface area (Å²) in [5.41, 5.74) is 2.45. The first-order valence-corrected chi connectivity index (χ1v) is 10.3. The Kier molecular flexibility index (Phi) is 5.37. The molecule has 1 N–H and O–H groups in total. The van der Waals surface area contributed by atoms with E-state index in [4.69, 9.17) is 11.6 Å². The molecule has 26 heavy (non-hydrogen) atoms. The molecule has 2 aromatic rings. The van der Waals surface area contributed by atoms with E-state index in [0.717, 1.165) is 11.1 Å². The van der Waals surface area contributed by atoms with Crippen LogP contribution in [0.1, 0.15) is 24.0 Å². The highest BCUT2D eigenvalue weighted by molar-refractivity contribution is 7.89.